The Labute approximate surface area is 168 Å². The van der Waals surface area contributed by atoms with Gasteiger partial charge in [0.2, 0.25) is 0 Å². The highest BCUT2D eigenvalue weighted by Gasteiger charge is 2.16. The summed E-state index contributed by atoms with van der Waals surface area (Å²) in [5.74, 6) is 1.24. The third kappa shape index (κ3) is 7.06. The van der Waals surface area contributed by atoms with Gasteiger partial charge in [0.1, 0.15) is 12.4 Å². The van der Waals surface area contributed by atoms with E-state index < -0.39 is 0 Å². The second kappa shape index (κ2) is 11.1. The normalized spacial score (nSPS) is 10.5. The second-order valence-corrected chi connectivity index (χ2v) is 7.30. The number of amides is 1. The van der Waals surface area contributed by atoms with Gasteiger partial charge in [-0.05, 0) is 55.2 Å². The first kappa shape index (κ1) is 21.5. The van der Waals surface area contributed by atoms with Crippen molar-refractivity contribution in [3.63, 3.8) is 0 Å². The number of aromatic nitrogens is 2. The van der Waals surface area contributed by atoms with Crippen molar-refractivity contribution in [2.75, 3.05) is 13.1 Å². The molecule has 0 bridgehead atoms. The van der Waals surface area contributed by atoms with Gasteiger partial charge < -0.3 is 14.6 Å². The Morgan fingerprint density at radius 3 is 2.61 bits per heavy atom. The maximum atomic E-state index is 12.8. The molecule has 0 aliphatic rings. The van der Waals surface area contributed by atoms with Crippen LogP contribution in [0.3, 0.4) is 0 Å². The minimum Gasteiger partial charge on any atom is -0.487 e. The summed E-state index contributed by atoms with van der Waals surface area (Å²) >= 11 is 0. The molecule has 0 saturated carbocycles. The van der Waals surface area contributed by atoms with E-state index in [-0.39, 0.29) is 5.91 Å². The van der Waals surface area contributed by atoms with Crippen LogP contribution in [-0.2, 0) is 6.61 Å². The highest BCUT2D eigenvalue weighted by molar-refractivity contribution is 5.94. The number of hydrogen-bond acceptors (Lipinski definition) is 3. The van der Waals surface area contributed by atoms with Crippen LogP contribution in [0.2, 0.25) is 0 Å². The summed E-state index contributed by atoms with van der Waals surface area (Å²) in [6.07, 6.45) is 6.36. The Bertz CT molecular complexity index is 796. The maximum Gasteiger partial charge on any atom is 0.253 e. The number of nitrogens with one attached hydrogen (secondary N) is 1. The standard InChI is InChI=1S/C23H31N3O2/c1-5-13-26(16-18(2)3)23(27)20-8-10-22(11-9-20)28-17-21-15-24-14-19(4)7-6-12-25-21/h6-12,14-15,18,25H,5,13,16-17H2,1-4H3. The lowest BCUT2D eigenvalue weighted by Gasteiger charge is -2.24. The van der Waals surface area contributed by atoms with Crippen molar-refractivity contribution in [3.8, 4) is 5.75 Å². The molecule has 0 aliphatic carbocycles. The van der Waals surface area contributed by atoms with Gasteiger partial charge in [-0.15, -0.1) is 0 Å². The molecule has 0 spiro atoms. The van der Waals surface area contributed by atoms with Crippen molar-refractivity contribution in [2.45, 2.75) is 40.7 Å². The summed E-state index contributed by atoms with van der Waals surface area (Å²) in [6.45, 7) is 10.3. The summed E-state index contributed by atoms with van der Waals surface area (Å²) in [5.41, 5.74) is 2.61. The van der Waals surface area contributed by atoms with Crippen molar-refractivity contribution < 1.29 is 9.53 Å². The maximum absolute atomic E-state index is 12.8. The summed E-state index contributed by atoms with van der Waals surface area (Å²) in [4.78, 5) is 22.1. The molecule has 0 aliphatic heterocycles. The van der Waals surface area contributed by atoms with Crippen LogP contribution in [0, 0.1) is 12.8 Å². The fraction of sp³-hybridized carbons (Fsp3) is 0.391. The summed E-state index contributed by atoms with van der Waals surface area (Å²) in [5, 5.41) is 0. The lowest BCUT2D eigenvalue weighted by molar-refractivity contribution is 0.0736. The van der Waals surface area contributed by atoms with E-state index in [0.717, 1.165) is 30.8 Å². The van der Waals surface area contributed by atoms with E-state index in [2.05, 4.69) is 30.7 Å². The van der Waals surface area contributed by atoms with E-state index in [0.29, 0.717) is 23.8 Å². The predicted octanol–water partition coefficient (Wildman–Crippen LogP) is 4.93. The zero-order valence-corrected chi connectivity index (χ0v) is 17.3. The number of rotatable bonds is 8. The first-order valence-corrected chi connectivity index (χ1v) is 9.84. The minimum atomic E-state index is 0.0742. The average molecular weight is 382 g/mol. The number of carbonyl (C=O) groups excluding carboxylic acids is 1. The van der Waals surface area contributed by atoms with Gasteiger partial charge in [0.05, 0.1) is 5.69 Å². The molecule has 2 aromatic rings. The SMILES string of the molecule is CCCN(CC(C)C)C(=O)c1ccc(OCc2cncc(C)ccc[nH]2)cc1. The van der Waals surface area contributed by atoms with Gasteiger partial charge in [-0.1, -0.05) is 26.8 Å². The number of ether oxygens (including phenoxy) is 1. The van der Waals surface area contributed by atoms with E-state index in [9.17, 15) is 4.79 Å². The molecule has 5 nitrogen and oxygen atoms in total. The van der Waals surface area contributed by atoms with E-state index in [4.69, 9.17) is 4.74 Å². The van der Waals surface area contributed by atoms with Gasteiger partial charge in [0.25, 0.3) is 5.91 Å². The molecule has 1 aromatic carbocycles. The van der Waals surface area contributed by atoms with E-state index >= 15 is 0 Å². The fourth-order valence-corrected chi connectivity index (χ4v) is 2.78. The van der Waals surface area contributed by atoms with Gasteiger partial charge in [0, 0.05) is 37.2 Å². The predicted molar refractivity (Wildman–Crippen MR) is 113 cm³/mol. The van der Waals surface area contributed by atoms with Gasteiger partial charge in [-0.3, -0.25) is 9.78 Å². The first-order chi connectivity index (χ1) is 13.5. The first-order valence-electron chi connectivity index (χ1n) is 9.84. The molecule has 1 N–H and O–H groups in total. The summed E-state index contributed by atoms with van der Waals surface area (Å²) in [7, 11) is 0. The van der Waals surface area contributed by atoms with Crippen LogP contribution in [0.25, 0.3) is 0 Å². The monoisotopic (exact) mass is 381 g/mol. The Morgan fingerprint density at radius 2 is 1.93 bits per heavy atom. The van der Waals surface area contributed by atoms with E-state index in [1.807, 2.05) is 54.4 Å². The average Bonchev–Trinajstić information content (AvgIpc) is 2.77. The molecule has 28 heavy (non-hydrogen) atoms. The van der Waals surface area contributed by atoms with Crippen molar-refractivity contribution in [1.29, 1.82) is 0 Å². The second-order valence-electron chi connectivity index (χ2n) is 7.30. The summed E-state index contributed by atoms with van der Waals surface area (Å²) < 4.78 is 5.84. The smallest absolute Gasteiger partial charge is 0.253 e. The molecule has 0 fully saturated rings. The third-order valence-corrected chi connectivity index (χ3v) is 4.09. The van der Waals surface area contributed by atoms with Crippen LogP contribution in [0.15, 0.2) is 55.0 Å². The van der Waals surface area contributed by atoms with E-state index in [1.54, 1.807) is 12.4 Å². The van der Waals surface area contributed by atoms with Crippen molar-refractivity contribution in [2.24, 2.45) is 5.92 Å². The molecule has 5 heteroatoms. The number of aromatic amines is 1. The topological polar surface area (TPSA) is 58.2 Å². The van der Waals surface area contributed by atoms with Crippen LogP contribution in [0.1, 0.15) is 48.8 Å². The molecule has 0 unspecified atom stereocenters. The zero-order chi connectivity index (χ0) is 20.4. The van der Waals surface area contributed by atoms with Crippen LogP contribution < -0.4 is 4.74 Å². The quantitative estimate of drug-likeness (QED) is 0.705. The molecule has 1 amide bonds. The van der Waals surface area contributed by atoms with Gasteiger partial charge in [-0.2, -0.15) is 0 Å². The fourth-order valence-electron chi connectivity index (χ4n) is 2.78. The summed E-state index contributed by atoms with van der Waals surface area (Å²) in [6, 6.07) is 11.2. The number of hydrogen-bond donors (Lipinski definition) is 1. The van der Waals surface area contributed by atoms with Gasteiger partial charge >= 0.3 is 0 Å². The van der Waals surface area contributed by atoms with Crippen LogP contribution in [-0.4, -0.2) is 33.9 Å². The number of H-pyrrole nitrogens is 1. The van der Waals surface area contributed by atoms with Gasteiger partial charge in [0.15, 0.2) is 0 Å². The molecule has 0 atom stereocenters. The molecular formula is C23H31N3O2. The van der Waals surface area contributed by atoms with Crippen LogP contribution >= 0.6 is 0 Å². The molecule has 1 heterocycles. The minimum absolute atomic E-state index is 0.0742. The highest BCUT2D eigenvalue weighted by Crippen LogP contribution is 2.16. The molecule has 2 rings (SSSR count). The number of nitrogens with zero attached hydrogens (tertiary/aromatic N) is 2. The molecule has 0 saturated heterocycles. The number of carbonyl (C=O) groups is 1. The largest absolute Gasteiger partial charge is 0.487 e. The van der Waals surface area contributed by atoms with Crippen LogP contribution in [0.4, 0.5) is 0 Å². The molecular weight excluding hydrogens is 350 g/mol. The third-order valence-electron chi connectivity index (χ3n) is 4.09. The van der Waals surface area contributed by atoms with E-state index in [1.165, 1.54) is 0 Å². The highest BCUT2D eigenvalue weighted by atomic mass is 16.5. The molecule has 1 aromatic heterocycles. The lowest BCUT2D eigenvalue weighted by atomic mass is 10.1. The molecule has 0 radical (unpaired) electrons. The Hall–Kier alpha value is -2.82. The Balaban J connectivity index is 2.03. The van der Waals surface area contributed by atoms with Crippen molar-refractivity contribution in [1.82, 2.24) is 14.9 Å². The Kier molecular flexibility index (Phi) is 8.53. The Morgan fingerprint density at radius 1 is 1.18 bits per heavy atom. The van der Waals surface area contributed by atoms with Crippen molar-refractivity contribution in [3.05, 3.63) is 71.8 Å². The lowest BCUT2D eigenvalue weighted by Crippen LogP contribution is -2.34. The van der Waals surface area contributed by atoms with Crippen molar-refractivity contribution >= 4 is 5.91 Å². The number of aryl methyl sites for hydroxylation is 1. The molecule has 150 valence electrons. The van der Waals surface area contributed by atoms with Gasteiger partial charge in [-0.25, -0.2) is 0 Å². The number of benzene rings is 1. The van der Waals surface area contributed by atoms with Crippen LogP contribution in [0.5, 0.6) is 5.75 Å². The zero-order valence-electron chi connectivity index (χ0n) is 17.3.